The first-order chi connectivity index (χ1) is 12.5. The van der Waals surface area contributed by atoms with E-state index in [0.717, 1.165) is 4.47 Å². The van der Waals surface area contributed by atoms with Crippen LogP contribution in [0.25, 0.3) is 11.3 Å². The first-order valence-electron chi connectivity index (χ1n) is 7.33. The number of rotatable bonds is 5. The number of halogens is 1. The zero-order valence-corrected chi connectivity index (χ0v) is 15.0. The fourth-order valence-electron chi connectivity index (χ4n) is 2.23. The summed E-state index contributed by atoms with van der Waals surface area (Å²) in [6.45, 7) is 0. The second kappa shape index (κ2) is 7.36. The molecule has 0 aliphatic carbocycles. The van der Waals surface area contributed by atoms with Gasteiger partial charge in [0.05, 0.1) is 23.7 Å². The smallest absolute Gasteiger partial charge is 0.292 e. The van der Waals surface area contributed by atoms with Crippen molar-refractivity contribution in [2.75, 3.05) is 12.4 Å². The Balaban J connectivity index is 1.84. The van der Waals surface area contributed by atoms with E-state index >= 15 is 0 Å². The van der Waals surface area contributed by atoms with E-state index in [1.807, 2.05) is 0 Å². The molecule has 26 heavy (non-hydrogen) atoms. The number of ether oxygens (including phenoxy) is 1. The molecule has 0 atom stereocenters. The molecule has 2 heterocycles. The third-order valence-corrected chi connectivity index (χ3v) is 3.93. The van der Waals surface area contributed by atoms with Gasteiger partial charge in [0.15, 0.2) is 5.76 Å². The summed E-state index contributed by atoms with van der Waals surface area (Å²) in [6.07, 6.45) is 1.56. The molecule has 9 heteroatoms. The van der Waals surface area contributed by atoms with E-state index in [4.69, 9.17) is 9.15 Å². The minimum absolute atomic E-state index is 0.0742. The molecule has 3 rings (SSSR count). The van der Waals surface area contributed by atoms with Crippen molar-refractivity contribution in [3.8, 4) is 17.1 Å². The Morgan fingerprint density at radius 1 is 1.27 bits per heavy atom. The van der Waals surface area contributed by atoms with Crippen LogP contribution in [0.3, 0.4) is 0 Å². The van der Waals surface area contributed by atoms with Gasteiger partial charge in [-0.2, -0.15) is 0 Å². The number of carbonyl (C=O) groups is 1. The molecule has 2 aromatic heterocycles. The second-order valence-electron chi connectivity index (χ2n) is 5.12. The van der Waals surface area contributed by atoms with E-state index in [1.165, 1.54) is 31.4 Å². The van der Waals surface area contributed by atoms with Gasteiger partial charge in [-0.15, -0.1) is 0 Å². The number of hydrogen-bond donors (Lipinski definition) is 1. The molecule has 0 unspecified atom stereocenters. The lowest BCUT2D eigenvalue weighted by molar-refractivity contribution is -0.384. The number of carbonyl (C=O) groups excluding carboxylic acids is 1. The Bertz CT molecular complexity index is 969. The Morgan fingerprint density at radius 2 is 2.08 bits per heavy atom. The molecule has 0 saturated heterocycles. The number of furan rings is 1. The van der Waals surface area contributed by atoms with Crippen molar-refractivity contribution in [3.05, 3.63) is 69.0 Å². The highest BCUT2D eigenvalue weighted by molar-refractivity contribution is 9.10. The molecule has 0 spiro atoms. The second-order valence-corrected chi connectivity index (χ2v) is 6.04. The van der Waals surface area contributed by atoms with Crippen LogP contribution in [-0.2, 0) is 0 Å². The average Bonchev–Trinajstić information content (AvgIpc) is 3.13. The summed E-state index contributed by atoms with van der Waals surface area (Å²) in [4.78, 5) is 26.7. The summed E-state index contributed by atoms with van der Waals surface area (Å²) in [7, 11) is 1.40. The molecule has 1 N–H and O–H groups in total. The van der Waals surface area contributed by atoms with Crippen LogP contribution >= 0.6 is 15.9 Å². The first-order valence-corrected chi connectivity index (χ1v) is 8.13. The summed E-state index contributed by atoms with van der Waals surface area (Å²) >= 11 is 3.27. The summed E-state index contributed by atoms with van der Waals surface area (Å²) in [5.41, 5.74) is 0.398. The largest absolute Gasteiger partial charge is 0.496 e. The van der Waals surface area contributed by atoms with Crippen molar-refractivity contribution in [3.63, 3.8) is 0 Å². The highest BCUT2D eigenvalue weighted by atomic mass is 79.9. The summed E-state index contributed by atoms with van der Waals surface area (Å²) in [6, 6.07) is 10.6. The average molecular weight is 418 g/mol. The number of benzene rings is 1. The van der Waals surface area contributed by atoms with Gasteiger partial charge in [-0.1, -0.05) is 0 Å². The molecule has 0 aliphatic rings. The maximum Gasteiger partial charge on any atom is 0.292 e. The van der Waals surface area contributed by atoms with Crippen LogP contribution in [0.4, 0.5) is 11.5 Å². The fourth-order valence-corrected chi connectivity index (χ4v) is 2.46. The lowest BCUT2D eigenvalue weighted by Gasteiger charge is -2.06. The molecule has 0 aliphatic heterocycles. The van der Waals surface area contributed by atoms with Gasteiger partial charge in [-0.3, -0.25) is 14.9 Å². The van der Waals surface area contributed by atoms with Gasteiger partial charge in [-0.25, -0.2) is 4.98 Å². The van der Waals surface area contributed by atoms with Crippen LogP contribution in [0.2, 0.25) is 0 Å². The van der Waals surface area contributed by atoms with Crippen LogP contribution < -0.4 is 10.1 Å². The normalized spacial score (nSPS) is 10.4. The first kappa shape index (κ1) is 17.6. The number of nitrogens with one attached hydrogen (secondary N) is 1. The number of methoxy groups -OCH3 is 1. The number of aromatic nitrogens is 1. The Morgan fingerprint density at radius 3 is 2.73 bits per heavy atom. The number of non-ortho nitro benzene ring substituents is 1. The maximum atomic E-state index is 12.3. The summed E-state index contributed by atoms with van der Waals surface area (Å²) in [5, 5.41) is 13.5. The zero-order valence-electron chi connectivity index (χ0n) is 13.4. The van der Waals surface area contributed by atoms with Gasteiger partial charge < -0.3 is 14.5 Å². The topological polar surface area (TPSA) is 108 Å². The van der Waals surface area contributed by atoms with Gasteiger partial charge >= 0.3 is 0 Å². The molecule has 0 saturated carbocycles. The minimum Gasteiger partial charge on any atom is -0.496 e. The number of pyridine rings is 1. The van der Waals surface area contributed by atoms with Crippen LogP contribution in [0.1, 0.15) is 10.6 Å². The molecule has 8 nitrogen and oxygen atoms in total. The van der Waals surface area contributed by atoms with Crippen molar-refractivity contribution in [2.45, 2.75) is 0 Å². The van der Waals surface area contributed by atoms with E-state index in [2.05, 4.69) is 26.2 Å². The zero-order chi connectivity index (χ0) is 18.7. The van der Waals surface area contributed by atoms with E-state index in [1.54, 1.807) is 24.4 Å². The molecule has 1 amide bonds. The maximum absolute atomic E-state index is 12.3. The third kappa shape index (κ3) is 3.72. The van der Waals surface area contributed by atoms with Crippen molar-refractivity contribution in [1.29, 1.82) is 0 Å². The molecule has 0 radical (unpaired) electrons. The van der Waals surface area contributed by atoms with Crippen molar-refractivity contribution in [1.82, 2.24) is 4.98 Å². The molecule has 3 aromatic rings. The Kier molecular flexibility index (Phi) is 4.99. The van der Waals surface area contributed by atoms with Crippen LogP contribution in [0, 0.1) is 10.1 Å². The number of nitro groups is 1. The van der Waals surface area contributed by atoms with Gasteiger partial charge in [0.25, 0.3) is 11.6 Å². The van der Waals surface area contributed by atoms with Crippen LogP contribution in [0.5, 0.6) is 5.75 Å². The number of amides is 1. The number of hydrogen-bond acceptors (Lipinski definition) is 6. The van der Waals surface area contributed by atoms with Crippen LogP contribution in [-0.4, -0.2) is 22.9 Å². The lowest BCUT2D eigenvalue weighted by atomic mass is 10.1. The fraction of sp³-hybridized carbons (Fsp3) is 0.0588. The molecule has 1 aromatic carbocycles. The quantitative estimate of drug-likeness (QED) is 0.490. The predicted molar refractivity (Wildman–Crippen MR) is 97.2 cm³/mol. The number of nitrogens with zero attached hydrogens (tertiary/aromatic N) is 2. The van der Waals surface area contributed by atoms with E-state index in [0.29, 0.717) is 17.1 Å². The lowest BCUT2D eigenvalue weighted by Crippen LogP contribution is -2.11. The van der Waals surface area contributed by atoms with E-state index < -0.39 is 10.8 Å². The van der Waals surface area contributed by atoms with Crippen molar-refractivity contribution in [2.24, 2.45) is 0 Å². The molecular formula is C17H12BrN3O5. The Labute approximate surface area is 156 Å². The standard InChI is InChI=1S/C17H12BrN3O5/c1-25-15-8-11(21(23)24)3-4-12(15)13-5-6-14(26-13)17(22)20-16-7-2-10(18)9-19-16/h2-9H,1H3,(H,19,20,22). The molecule has 0 bridgehead atoms. The predicted octanol–water partition coefficient (Wildman–Crippen LogP) is 4.27. The van der Waals surface area contributed by atoms with Gasteiger partial charge in [0.1, 0.15) is 17.3 Å². The highest BCUT2D eigenvalue weighted by Crippen LogP contribution is 2.34. The monoisotopic (exact) mass is 417 g/mol. The van der Waals surface area contributed by atoms with Gasteiger partial charge in [-0.05, 0) is 46.3 Å². The molecular weight excluding hydrogens is 406 g/mol. The van der Waals surface area contributed by atoms with Crippen molar-refractivity contribution >= 4 is 33.3 Å². The Hall–Kier alpha value is -3.20. The number of nitro benzene ring substituents is 1. The molecule has 132 valence electrons. The third-order valence-electron chi connectivity index (χ3n) is 3.46. The highest BCUT2D eigenvalue weighted by Gasteiger charge is 2.18. The van der Waals surface area contributed by atoms with E-state index in [-0.39, 0.29) is 17.2 Å². The summed E-state index contributed by atoms with van der Waals surface area (Å²) < 4.78 is 11.6. The number of anilines is 1. The van der Waals surface area contributed by atoms with Gasteiger partial charge in [0.2, 0.25) is 0 Å². The van der Waals surface area contributed by atoms with Gasteiger partial charge in [0, 0.05) is 16.7 Å². The minimum atomic E-state index is -0.515. The summed E-state index contributed by atoms with van der Waals surface area (Å²) in [5.74, 6) is 0.613. The van der Waals surface area contributed by atoms with E-state index in [9.17, 15) is 14.9 Å². The SMILES string of the molecule is COc1cc([N+](=O)[O-])ccc1-c1ccc(C(=O)Nc2ccc(Br)cn2)o1. The van der Waals surface area contributed by atoms with Crippen LogP contribution in [0.15, 0.2) is 57.6 Å². The van der Waals surface area contributed by atoms with Crippen molar-refractivity contribution < 1.29 is 18.9 Å². The molecule has 0 fully saturated rings.